The molecular weight excluding hydrogens is 256 g/mol. The van der Waals surface area contributed by atoms with E-state index in [1.165, 1.54) is 5.56 Å². The second-order valence-electron chi connectivity index (χ2n) is 4.51. The molecule has 6 heteroatoms. The molecule has 0 atom stereocenters. The van der Waals surface area contributed by atoms with E-state index in [2.05, 4.69) is 15.4 Å². The summed E-state index contributed by atoms with van der Waals surface area (Å²) in [6, 6.07) is 1.79. The summed E-state index contributed by atoms with van der Waals surface area (Å²) in [4.78, 5) is 4.33. The lowest BCUT2D eigenvalue weighted by Gasteiger charge is -2.12. The van der Waals surface area contributed by atoms with Gasteiger partial charge in [0.15, 0.2) is 11.5 Å². The summed E-state index contributed by atoms with van der Waals surface area (Å²) < 4.78 is 12.4. The number of hydrogen-bond acceptors (Lipinski definition) is 5. The fourth-order valence-electron chi connectivity index (χ4n) is 2.11. The molecule has 0 aliphatic carbocycles. The van der Waals surface area contributed by atoms with Crippen molar-refractivity contribution in [1.82, 2.24) is 20.1 Å². The Morgan fingerprint density at radius 3 is 2.65 bits per heavy atom. The number of nitrogens with zero attached hydrogens (tertiary/aromatic N) is 3. The first kappa shape index (κ1) is 14.3. The monoisotopic (exact) mass is 276 g/mol. The smallest absolute Gasteiger partial charge is 0.183 e. The quantitative estimate of drug-likeness (QED) is 0.865. The molecule has 0 saturated carbocycles. The van der Waals surface area contributed by atoms with E-state index in [0.717, 1.165) is 17.9 Å². The predicted octanol–water partition coefficient (Wildman–Crippen LogP) is 1.43. The van der Waals surface area contributed by atoms with Crippen molar-refractivity contribution in [2.75, 3.05) is 14.2 Å². The third-order valence-corrected chi connectivity index (χ3v) is 3.09. The second-order valence-corrected chi connectivity index (χ2v) is 4.51. The van der Waals surface area contributed by atoms with Gasteiger partial charge in [0.05, 0.1) is 25.6 Å². The highest BCUT2D eigenvalue weighted by atomic mass is 16.5. The van der Waals surface area contributed by atoms with Crippen LogP contribution in [0.3, 0.4) is 0 Å². The maximum atomic E-state index is 5.35. The third kappa shape index (κ3) is 3.08. The van der Waals surface area contributed by atoms with Crippen molar-refractivity contribution in [3.8, 4) is 11.5 Å². The second kappa shape index (κ2) is 6.38. The van der Waals surface area contributed by atoms with E-state index in [-0.39, 0.29) is 0 Å². The van der Waals surface area contributed by atoms with Crippen LogP contribution < -0.4 is 14.8 Å². The SMILES string of the molecule is COc1ccnc(CNCc2cn(C)nc2C)c1OC. The van der Waals surface area contributed by atoms with Crippen LogP contribution in [0.25, 0.3) is 0 Å². The average Bonchev–Trinajstić information content (AvgIpc) is 2.76. The molecule has 0 radical (unpaired) electrons. The van der Waals surface area contributed by atoms with E-state index in [1.54, 1.807) is 26.5 Å². The van der Waals surface area contributed by atoms with Gasteiger partial charge in [-0.3, -0.25) is 9.67 Å². The Balaban J connectivity index is 2.02. The van der Waals surface area contributed by atoms with Crippen LogP contribution in [0.4, 0.5) is 0 Å². The molecule has 2 heterocycles. The predicted molar refractivity (Wildman–Crippen MR) is 75.8 cm³/mol. The van der Waals surface area contributed by atoms with Crippen molar-refractivity contribution >= 4 is 0 Å². The first-order valence-corrected chi connectivity index (χ1v) is 6.41. The molecule has 0 aliphatic heterocycles. The van der Waals surface area contributed by atoms with Crippen LogP contribution in [0.15, 0.2) is 18.5 Å². The van der Waals surface area contributed by atoms with Crippen molar-refractivity contribution in [1.29, 1.82) is 0 Å². The summed E-state index contributed by atoms with van der Waals surface area (Å²) in [7, 11) is 5.16. The van der Waals surface area contributed by atoms with Crippen molar-refractivity contribution in [3.63, 3.8) is 0 Å². The Labute approximate surface area is 118 Å². The molecule has 0 bridgehead atoms. The minimum absolute atomic E-state index is 0.606. The summed E-state index contributed by atoms with van der Waals surface area (Å²) in [5.41, 5.74) is 3.04. The van der Waals surface area contributed by atoms with Gasteiger partial charge in [-0.1, -0.05) is 0 Å². The summed E-state index contributed by atoms with van der Waals surface area (Å²) in [5, 5.41) is 7.66. The zero-order chi connectivity index (χ0) is 14.5. The molecule has 2 rings (SSSR count). The van der Waals surface area contributed by atoms with E-state index < -0.39 is 0 Å². The Morgan fingerprint density at radius 1 is 1.25 bits per heavy atom. The van der Waals surface area contributed by atoms with Gasteiger partial charge in [-0.2, -0.15) is 5.10 Å². The lowest BCUT2D eigenvalue weighted by atomic mass is 10.2. The first-order chi connectivity index (χ1) is 9.65. The Bertz CT molecular complexity index is 581. The summed E-state index contributed by atoms with van der Waals surface area (Å²) in [6.07, 6.45) is 3.73. The van der Waals surface area contributed by atoms with Crippen LogP contribution in [0.1, 0.15) is 17.0 Å². The van der Waals surface area contributed by atoms with Crippen molar-refractivity contribution in [2.24, 2.45) is 7.05 Å². The Morgan fingerprint density at radius 2 is 2.05 bits per heavy atom. The fraction of sp³-hybridized carbons (Fsp3) is 0.429. The van der Waals surface area contributed by atoms with Crippen LogP contribution in [0.2, 0.25) is 0 Å². The topological polar surface area (TPSA) is 61.2 Å². The number of methoxy groups -OCH3 is 2. The number of nitrogens with one attached hydrogen (secondary N) is 1. The molecule has 0 unspecified atom stereocenters. The highest BCUT2D eigenvalue weighted by Crippen LogP contribution is 2.28. The highest BCUT2D eigenvalue weighted by molar-refractivity contribution is 5.42. The van der Waals surface area contributed by atoms with Gasteiger partial charge in [-0.15, -0.1) is 0 Å². The molecule has 2 aromatic rings. The van der Waals surface area contributed by atoms with Gasteiger partial charge >= 0.3 is 0 Å². The molecule has 0 aromatic carbocycles. The Hall–Kier alpha value is -2.08. The van der Waals surface area contributed by atoms with E-state index in [0.29, 0.717) is 18.0 Å². The maximum absolute atomic E-state index is 5.35. The summed E-state index contributed by atoms with van der Waals surface area (Å²) >= 11 is 0. The van der Waals surface area contributed by atoms with Crippen molar-refractivity contribution < 1.29 is 9.47 Å². The molecule has 2 aromatic heterocycles. The average molecular weight is 276 g/mol. The fourth-order valence-corrected chi connectivity index (χ4v) is 2.11. The van der Waals surface area contributed by atoms with Crippen LogP contribution in [0.5, 0.6) is 11.5 Å². The number of hydrogen-bond donors (Lipinski definition) is 1. The van der Waals surface area contributed by atoms with Gasteiger partial charge in [0, 0.05) is 44.2 Å². The number of ether oxygens (including phenoxy) is 2. The zero-order valence-electron chi connectivity index (χ0n) is 12.3. The number of aromatic nitrogens is 3. The van der Waals surface area contributed by atoms with Gasteiger partial charge in [0.25, 0.3) is 0 Å². The van der Waals surface area contributed by atoms with Crippen molar-refractivity contribution in [2.45, 2.75) is 20.0 Å². The van der Waals surface area contributed by atoms with Gasteiger partial charge in [-0.25, -0.2) is 0 Å². The minimum Gasteiger partial charge on any atom is -0.493 e. The van der Waals surface area contributed by atoms with E-state index >= 15 is 0 Å². The van der Waals surface area contributed by atoms with Crippen LogP contribution in [-0.2, 0) is 20.1 Å². The molecule has 6 nitrogen and oxygen atoms in total. The largest absolute Gasteiger partial charge is 0.493 e. The van der Waals surface area contributed by atoms with E-state index in [9.17, 15) is 0 Å². The van der Waals surface area contributed by atoms with Crippen molar-refractivity contribution in [3.05, 3.63) is 35.4 Å². The highest BCUT2D eigenvalue weighted by Gasteiger charge is 2.11. The molecule has 1 N–H and O–H groups in total. The molecule has 0 saturated heterocycles. The molecule has 0 amide bonds. The normalized spacial score (nSPS) is 10.6. The van der Waals surface area contributed by atoms with Crippen LogP contribution in [-0.4, -0.2) is 29.0 Å². The van der Waals surface area contributed by atoms with Gasteiger partial charge in [-0.05, 0) is 6.92 Å². The van der Waals surface area contributed by atoms with Gasteiger partial charge in [0.1, 0.15) is 0 Å². The lowest BCUT2D eigenvalue weighted by molar-refractivity contribution is 0.348. The molecule has 108 valence electrons. The van der Waals surface area contributed by atoms with Gasteiger partial charge < -0.3 is 14.8 Å². The van der Waals surface area contributed by atoms with Crippen LogP contribution in [0, 0.1) is 6.92 Å². The lowest BCUT2D eigenvalue weighted by Crippen LogP contribution is -2.15. The third-order valence-electron chi connectivity index (χ3n) is 3.09. The summed E-state index contributed by atoms with van der Waals surface area (Å²) in [5.74, 6) is 1.36. The number of aryl methyl sites for hydroxylation is 2. The summed E-state index contributed by atoms with van der Waals surface area (Å²) in [6.45, 7) is 3.35. The molecular formula is C14H20N4O2. The maximum Gasteiger partial charge on any atom is 0.183 e. The minimum atomic E-state index is 0.606. The molecule has 0 spiro atoms. The molecule has 0 fully saturated rings. The molecule has 0 aliphatic rings. The van der Waals surface area contributed by atoms with Crippen LogP contribution >= 0.6 is 0 Å². The van der Waals surface area contributed by atoms with E-state index in [1.807, 2.05) is 24.9 Å². The zero-order valence-corrected chi connectivity index (χ0v) is 12.3. The Kier molecular flexibility index (Phi) is 4.57. The first-order valence-electron chi connectivity index (χ1n) is 6.41. The number of pyridine rings is 1. The van der Waals surface area contributed by atoms with E-state index in [4.69, 9.17) is 9.47 Å². The number of rotatable bonds is 6. The standard InChI is InChI=1S/C14H20N4O2/c1-10-11(9-18(2)17-10)7-15-8-12-14(20-4)13(19-3)5-6-16-12/h5-6,9,15H,7-8H2,1-4H3. The van der Waals surface area contributed by atoms with Gasteiger partial charge in [0.2, 0.25) is 0 Å². The molecule has 20 heavy (non-hydrogen) atoms.